The van der Waals surface area contributed by atoms with Gasteiger partial charge in [-0.1, -0.05) is 0 Å². The third kappa shape index (κ3) is 0.906. The molecule has 2 heterocycles. The zero-order chi connectivity index (χ0) is 8.72. The number of nitrogens with zero attached hydrogens (tertiary/aromatic N) is 1. The minimum absolute atomic E-state index is 0.0984. The van der Waals surface area contributed by atoms with Crippen LogP contribution in [0.3, 0.4) is 0 Å². The summed E-state index contributed by atoms with van der Waals surface area (Å²) in [5.41, 5.74) is 5.18. The first kappa shape index (κ1) is 7.58. The summed E-state index contributed by atoms with van der Waals surface area (Å²) in [7, 11) is 0. The Kier molecular flexibility index (Phi) is 1.56. The summed E-state index contributed by atoms with van der Waals surface area (Å²) in [6.45, 7) is 0. The highest BCUT2D eigenvalue weighted by atomic mass is 16.2. The van der Waals surface area contributed by atoms with Crippen LogP contribution in [-0.2, 0) is 9.59 Å². The smallest absolute Gasteiger partial charge is 0.240 e. The molecular formula is C8H12N2O2. The summed E-state index contributed by atoms with van der Waals surface area (Å²) in [4.78, 5) is 23.9. The molecule has 0 spiro atoms. The van der Waals surface area contributed by atoms with E-state index in [1.165, 1.54) is 0 Å². The van der Waals surface area contributed by atoms with Crippen molar-refractivity contribution >= 4 is 11.8 Å². The first-order valence-electron chi connectivity index (χ1n) is 4.30. The van der Waals surface area contributed by atoms with Crippen molar-refractivity contribution in [1.29, 1.82) is 0 Å². The summed E-state index contributed by atoms with van der Waals surface area (Å²) in [6, 6.07) is -0.0139. The largest absolute Gasteiger partial charge is 0.368 e. The lowest BCUT2D eigenvalue weighted by Crippen LogP contribution is -2.43. The van der Waals surface area contributed by atoms with E-state index in [2.05, 4.69) is 0 Å². The van der Waals surface area contributed by atoms with E-state index < -0.39 is 0 Å². The van der Waals surface area contributed by atoms with Gasteiger partial charge in [0.1, 0.15) is 6.04 Å². The van der Waals surface area contributed by atoms with E-state index in [0.717, 1.165) is 19.3 Å². The Morgan fingerprint density at radius 3 is 2.83 bits per heavy atom. The molecule has 0 aromatic rings. The molecule has 12 heavy (non-hydrogen) atoms. The van der Waals surface area contributed by atoms with Crippen LogP contribution in [0.5, 0.6) is 0 Å². The summed E-state index contributed by atoms with van der Waals surface area (Å²) in [5.74, 6) is -0.256. The molecule has 66 valence electrons. The third-order valence-corrected chi connectivity index (χ3v) is 2.81. The van der Waals surface area contributed by atoms with Crippen LogP contribution in [0.4, 0.5) is 0 Å². The minimum atomic E-state index is -0.354. The van der Waals surface area contributed by atoms with Crippen molar-refractivity contribution in [2.24, 2.45) is 5.73 Å². The Balaban J connectivity index is 2.19. The maximum Gasteiger partial charge on any atom is 0.240 e. The van der Waals surface area contributed by atoms with Crippen LogP contribution in [0.15, 0.2) is 0 Å². The highest BCUT2D eigenvalue weighted by Crippen LogP contribution is 2.32. The van der Waals surface area contributed by atoms with Gasteiger partial charge in [-0.15, -0.1) is 0 Å². The second kappa shape index (κ2) is 2.47. The monoisotopic (exact) mass is 168 g/mol. The number of carbonyl (C=O) groups is 2. The highest BCUT2D eigenvalue weighted by Gasteiger charge is 2.43. The molecule has 0 aromatic carbocycles. The van der Waals surface area contributed by atoms with E-state index in [0.29, 0.717) is 12.5 Å². The van der Waals surface area contributed by atoms with Crippen LogP contribution in [-0.4, -0.2) is 28.8 Å². The number of nitrogens with two attached hydrogens (primary N) is 1. The molecule has 0 radical (unpaired) electrons. The molecule has 2 fully saturated rings. The van der Waals surface area contributed by atoms with Gasteiger partial charge in [-0.05, 0) is 19.3 Å². The summed E-state index contributed by atoms with van der Waals surface area (Å²) in [5, 5.41) is 0. The molecule has 0 aliphatic carbocycles. The maximum absolute atomic E-state index is 11.3. The van der Waals surface area contributed by atoms with Crippen molar-refractivity contribution in [3.05, 3.63) is 0 Å². The molecule has 2 amide bonds. The van der Waals surface area contributed by atoms with Crippen molar-refractivity contribution in [3.8, 4) is 0 Å². The van der Waals surface area contributed by atoms with E-state index in [1.54, 1.807) is 4.90 Å². The topological polar surface area (TPSA) is 63.4 Å². The average Bonchev–Trinajstić information content (AvgIpc) is 2.53. The predicted octanol–water partition coefficient (Wildman–Crippen LogP) is -0.375. The molecule has 2 atom stereocenters. The van der Waals surface area contributed by atoms with Gasteiger partial charge in [0.15, 0.2) is 0 Å². The zero-order valence-electron chi connectivity index (χ0n) is 6.82. The van der Waals surface area contributed by atoms with Crippen LogP contribution >= 0.6 is 0 Å². The summed E-state index contributed by atoms with van der Waals surface area (Å²) in [6.07, 6.45) is 3.20. The SMILES string of the molecule is NC(=O)[C@@H]1CC[C@@H]2CCC(=O)N21. The second-order valence-electron chi connectivity index (χ2n) is 3.49. The molecule has 2 saturated heterocycles. The Bertz CT molecular complexity index is 239. The predicted molar refractivity (Wildman–Crippen MR) is 42.1 cm³/mol. The molecular weight excluding hydrogens is 156 g/mol. The fourth-order valence-electron chi connectivity index (χ4n) is 2.24. The fraction of sp³-hybridized carbons (Fsp3) is 0.750. The minimum Gasteiger partial charge on any atom is -0.368 e. The summed E-state index contributed by atoms with van der Waals surface area (Å²) < 4.78 is 0. The highest BCUT2D eigenvalue weighted by molar-refractivity contribution is 5.88. The van der Waals surface area contributed by atoms with Crippen molar-refractivity contribution in [2.45, 2.75) is 37.8 Å². The first-order chi connectivity index (χ1) is 5.70. The number of hydrogen-bond donors (Lipinski definition) is 1. The van der Waals surface area contributed by atoms with E-state index in [1.807, 2.05) is 0 Å². The Hall–Kier alpha value is -1.06. The number of rotatable bonds is 1. The van der Waals surface area contributed by atoms with Gasteiger partial charge in [0, 0.05) is 12.5 Å². The van der Waals surface area contributed by atoms with Crippen molar-refractivity contribution in [2.75, 3.05) is 0 Å². The van der Waals surface area contributed by atoms with E-state index >= 15 is 0 Å². The standard InChI is InChI=1S/C8H12N2O2/c9-8(12)6-3-1-5-2-4-7(11)10(5)6/h5-6H,1-4H2,(H2,9,12)/t5-,6+/m1/s1. The van der Waals surface area contributed by atoms with Gasteiger partial charge >= 0.3 is 0 Å². The number of hydrogen-bond acceptors (Lipinski definition) is 2. The molecule has 2 N–H and O–H groups in total. The average molecular weight is 168 g/mol. The van der Waals surface area contributed by atoms with Gasteiger partial charge in [0.05, 0.1) is 0 Å². The molecule has 0 unspecified atom stereocenters. The van der Waals surface area contributed by atoms with Crippen molar-refractivity contribution in [1.82, 2.24) is 4.90 Å². The van der Waals surface area contributed by atoms with Crippen LogP contribution in [0.2, 0.25) is 0 Å². The lowest BCUT2D eigenvalue weighted by atomic mass is 10.1. The Labute approximate surface area is 70.7 Å². The van der Waals surface area contributed by atoms with Gasteiger partial charge in [0.25, 0.3) is 0 Å². The van der Waals surface area contributed by atoms with Gasteiger partial charge in [0.2, 0.25) is 11.8 Å². The molecule has 2 rings (SSSR count). The quantitative estimate of drug-likeness (QED) is 0.580. The number of fused-ring (bicyclic) bond motifs is 1. The fourth-order valence-corrected chi connectivity index (χ4v) is 2.24. The number of carbonyl (C=O) groups excluding carboxylic acids is 2. The maximum atomic E-state index is 11.3. The van der Waals surface area contributed by atoms with Gasteiger partial charge in [-0.3, -0.25) is 9.59 Å². The molecule has 0 saturated carbocycles. The van der Waals surface area contributed by atoms with E-state index in [9.17, 15) is 9.59 Å². The van der Waals surface area contributed by atoms with E-state index in [4.69, 9.17) is 5.73 Å². The third-order valence-electron chi connectivity index (χ3n) is 2.81. The molecule has 2 aliphatic heterocycles. The Morgan fingerprint density at radius 1 is 1.42 bits per heavy atom. The van der Waals surface area contributed by atoms with Crippen LogP contribution in [0.25, 0.3) is 0 Å². The first-order valence-corrected chi connectivity index (χ1v) is 4.30. The lowest BCUT2D eigenvalue weighted by molar-refractivity contribution is -0.135. The summed E-state index contributed by atoms with van der Waals surface area (Å²) >= 11 is 0. The van der Waals surface area contributed by atoms with Crippen LogP contribution < -0.4 is 5.73 Å². The van der Waals surface area contributed by atoms with Gasteiger partial charge in [-0.2, -0.15) is 0 Å². The molecule has 0 bridgehead atoms. The molecule has 4 nitrogen and oxygen atoms in total. The van der Waals surface area contributed by atoms with Gasteiger partial charge < -0.3 is 10.6 Å². The van der Waals surface area contributed by atoms with Crippen molar-refractivity contribution in [3.63, 3.8) is 0 Å². The van der Waals surface area contributed by atoms with Crippen LogP contribution in [0, 0.1) is 0 Å². The molecule has 2 aliphatic rings. The Morgan fingerprint density at radius 2 is 2.17 bits per heavy atom. The molecule has 4 heteroatoms. The lowest BCUT2D eigenvalue weighted by Gasteiger charge is -2.21. The van der Waals surface area contributed by atoms with E-state index in [-0.39, 0.29) is 17.9 Å². The number of amides is 2. The second-order valence-corrected chi connectivity index (χ2v) is 3.49. The number of primary amides is 1. The zero-order valence-corrected chi connectivity index (χ0v) is 6.82. The van der Waals surface area contributed by atoms with Crippen molar-refractivity contribution < 1.29 is 9.59 Å². The normalized spacial score (nSPS) is 34.0. The molecule has 0 aromatic heterocycles. The van der Waals surface area contributed by atoms with Gasteiger partial charge in [-0.25, -0.2) is 0 Å². The van der Waals surface area contributed by atoms with Crippen LogP contribution in [0.1, 0.15) is 25.7 Å².